The van der Waals surface area contributed by atoms with Crippen LogP contribution in [0.2, 0.25) is 0 Å². The number of rotatable bonds is 4. The molecule has 3 aromatic rings. The van der Waals surface area contributed by atoms with E-state index in [-0.39, 0.29) is 11.8 Å². The number of benzene rings is 1. The van der Waals surface area contributed by atoms with Crippen molar-refractivity contribution in [3.05, 3.63) is 46.5 Å². The minimum Gasteiger partial charge on any atom is -0.365 e. The number of likely N-dealkylation sites (tertiary alicyclic amines) is 1. The summed E-state index contributed by atoms with van der Waals surface area (Å²) in [4.78, 5) is 33.8. The van der Waals surface area contributed by atoms with Gasteiger partial charge in [0.05, 0.1) is 22.8 Å². The number of aromatic nitrogens is 1. The van der Waals surface area contributed by atoms with E-state index in [1.165, 1.54) is 39.3 Å². The van der Waals surface area contributed by atoms with Crippen LogP contribution in [0.4, 0.5) is 5.69 Å². The molecule has 2 aromatic heterocycles. The van der Waals surface area contributed by atoms with E-state index in [9.17, 15) is 9.59 Å². The average Bonchev–Trinajstić information content (AvgIpc) is 3.29. The van der Waals surface area contributed by atoms with Gasteiger partial charge in [-0.25, -0.2) is 0 Å². The van der Waals surface area contributed by atoms with Gasteiger partial charge in [0.25, 0.3) is 0 Å². The minimum atomic E-state index is -0.0712. The van der Waals surface area contributed by atoms with Crippen molar-refractivity contribution in [2.75, 3.05) is 24.5 Å². The molecule has 6 nitrogen and oxygen atoms in total. The Balaban J connectivity index is 1.46. The molecule has 5 heterocycles. The van der Waals surface area contributed by atoms with Gasteiger partial charge in [-0.1, -0.05) is 11.6 Å². The quantitative estimate of drug-likeness (QED) is 0.620. The Morgan fingerprint density at radius 1 is 1.09 bits per heavy atom. The molecule has 3 aliphatic rings. The van der Waals surface area contributed by atoms with Gasteiger partial charge in [-0.3, -0.25) is 19.5 Å². The van der Waals surface area contributed by atoms with E-state index in [4.69, 9.17) is 0 Å². The molecule has 32 heavy (non-hydrogen) atoms. The highest BCUT2D eigenvalue weighted by Gasteiger charge is 2.32. The van der Waals surface area contributed by atoms with Gasteiger partial charge in [0, 0.05) is 60.4 Å². The molecule has 2 amide bonds. The topological polar surface area (TPSA) is 65.5 Å². The van der Waals surface area contributed by atoms with Crippen molar-refractivity contribution in [3.63, 3.8) is 0 Å². The van der Waals surface area contributed by atoms with Gasteiger partial charge in [-0.2, -0.15) is 0 Å². The third kappa shape index (κ3) is 3.22. The molecule has 0 atom stereocenters. The summed E-state index contributed by atoms with van der Waals surface area (Å²) in [5.41, 5.74) is 7.51. The highest BCUT2D eigenvalue weighted by atomic mass is 32.1. The molecule has 2 fully saturated rings. The Hall–Kier alpha value is -2.77. The fourth-order valence-electron chi connectivity index (χ4n) is 5.23. The Kier molecular flexibility index (Phi) is 4.77. The van der Waals surface area contributed by atoms with Gasteiger partial charge < -0.3 is 10.2 Å². The fraction of sp³-hybridized carbons (Fsp3) is 0.400. The van der Waals surface area contributed by atoms with Crippen molar-refractivity contribution < 1.29 is 9.59 Å². The third-order valence-electron chi connectivity index (χ3n) is 6.89. The molecule has 0 bridgehead atoms. The van der Waals surface area contributed by atoms with Crippen molar-refractivity contribution >= 4 is 39.1 Å². The predicted molar refractivity (Wildman–Crippen MR) is 127 cm³/mol. The Labute approximate surface area is 191 Å². The van der Waals surface area contributed by atoms with Crippen LogP contribution in [0.1, 0.15) is 35.3 Å². The monoisotopic (exact) mass is 446 g/mol. The first-order valence-corrected chi connectivity index (χ1v) is 12.2. The summed E-state index contributed by atoms with van der Waals surface area (Å²) in [6.07, 6.45) is 4.85. The second-order valence-corrected chi connectivity index (χ2v) is 10.2. The van der Waals surface area contributed by atoms with Crippen LogP contribution in [0.25, 0.3) is 21.3 Å². The van der Waals surface area contributed by atoms with Gasteiger partial charge in [0.15, 0.2) is 0 Å². The molecule has 0 saturated carbocycles. The normalized spacial score (nSPS) is 19.0. The molecule has 0 aliphatic carbocycles. The number of fused-ring (bicyclic) bond motifs is 2. The molecular weight excluding hydrogens is 420 g/mol. The molecule has 0 spiro atoms. The van der Waals surface area contributed by atoms with E-state index in [1.807, 2.05) is 12.3 Å². The molecule has 0 unspecified atom stereocenters. The first kappa shape index (κ1) is 19.9. The summed E-state index contributed by atoms with van der Waals surface area (Å²) in [7, 11) is 0. The minimum absolute atomic E-state index is 0.0712. The number of pyridine rings is 1. The van der Waals surface area contributed by atoms with Gasteiger partial charge in [0.1, 0.15) is 0 Å². The number of nitrogens with one attached hydrogen (secondary N) is 1. The number of anilines is 1. The second kappa shape index (κ2) is 7.67. The molecule has 7 heteroatoms. The van der Waals surface area contributed by atoms with Gasteiger partial charge in [0.2, 0.25) is 11.8 Å². The first-order valence-electron chi connectivity index (χ1n) is 11.4. The lowest BCUT2D eigenvalue weighted by molar-refractivity contribution is -0.138. The van der Waals surface area contributed by atoms with Crippen LogP contribution in [0.3, 0.4) is 0 Å². The maximum Gasteiger partial charge on any atom is 0.230 e. The molecule has 3 aliphatic heterocycles. The SMILES string of the molecule is Cc1cc2c(c(-c3ccnc4cc(CN5C(=O)CCC5=O)sc34)c1)N(C1CNC1)CCC2. The van der Waals surface area contributed by atoms with Gasteiger partial charge in [-0.05, 0) is 43.5 Å². The van der Waals surface area contributed by atoms with Crippen molar-refractivity contribution in [3.8, 4) is 11.1 Å². The highest BCUT2D eigenvalue weighted by molar-refractivity contribution is 7.19. The number of carbonyl (C=O) groups excluding carboxylic acids is 2. The maximum atomic E-state index is 12.1. The number of imide groups is 1. The lowest BCUT2D eigenvalue weighted by atomic mass is 9.90. The van der Waals surface area contributed by atoms with Crippen LogP contribution >= 0.6 is 11.3 Å². The highest BCUT2D eigenvalue weighted by Crippen LogP contribution is 2.43. The van der Waals surface area contributed by atoms with Crippen LogP contribution in [0.5, 0.6) is 0 Å². The van der Waals surface area contributed by atoms with Gasteiger partial charge in [-0.15, -0.1) is 11.3 Å². The Morgan fingerprint density at radius 3 is 2.66 bits per heavy atom. The van der Waals surface area contributed by atoms with Crippen LogP contribution in [-0.4, -0.2) is 47.4 Å². The molecule has 1 aromatic carbocycles. The lowest BCUT2D eigenvalue weighted by Crippen LogP contribution is -2.58. The van der Waals surface area contributed by atoms with Crippen molar-refractivity contribution in [2.45, 2.75) is 45.2 Å². The molecule has 2 saturated heterocycles. The molecule has 6 rings (SSSR count). The zero-order valence-electron chi connectivity index (χ0n) is 18.2. The Morgan fingerprint density at radius 2 is 1.91 bits per heavy atom. The summed E-state index contributed by atoms with van der Waals surface area (Å²) in [6, 6.07) is 9.37. The van der Waals surface area contributed by atoms with E-state index in [1.54, 1.807) is 11.3 Å². The smallest absolute Gasteiger partial charge is 0.230 e. The maximum absolute atomic E-state index is 12.1. The zero-order chi connectivity index (χ0) is 21.8. The summed E-state index contributed by atoms with van der Waals surface area (Å²) >= 11 is 1.66. The summed E-state index contributed by atoms with van der Waals surface area (Å²) in [6.45, 7) is 5.71. The number of thiophene rings is 1. The second-order valence-electron chi connectivity index (χ2n) is 9.09. The van der Waals surface area contributed by atoms with Crippen LogP contribution in [0.15, 0.2) is 30.5 Å². The van der Waals surface area contributed by atoms with E-state index in [0.717, 1.165) is 41.1 Å². The van der Waals surface area contributed by atoms with E-state index in [0.29, 0.717) is 25.4 Å². The number of aryl methyl sites for hydroxylation is 2. The van der Waals surface area contributed by atoms with Gasteiger partial charge >= 0.3 is 0 Å². The third-order valence-corrected chi connectivity index (χ3v) is 8.03. The number of carbonyl (C=O) groups is 2. The zero-order valence-corrected chi connectivity index (χ0v) is 19.0. The fourth-order valence-corrected chi connectivity index (χ4v) is 6.36. The number of hydrogen-bond acceptors (Lipinski definition) is 6. The van der Waals surface area contributed by atoms with Crippen molar-refractivity contribution in [1.29, 1.82) is 0 Å². The summed E-state index contributed by atoms with van der Waals surface area (Å²) in [5, 5.41) is 3.43. The standard InChI is InChI=1S/C25H26N4O2S/c1-15-9-16-3-2-8-28(17-12-26-13-17)24(16)20(10-15)19-6-7-27-21-11-18(32-25(19)21)14-29-22(30)4-5-23(29)31/h6-7,9-11,17,26H,2-5,8,12-14H2,1H3. The van der Waals surface area contributed by atoms with Crippen LogP contribution in [0, 0.1) is 6.92 Å². The Bertz CT molecular complexity index is 1230. The summed E-state index contributed by atoms with van der Waals surface area (Å²) < 4.78 is 1.13. The van der Waals surface area contributed by atoms with E-state index in [2.05, 4.69) is 40.3 Å². The first-order chi connectivity index (χ1) is 15.6. The largest absolute Gasteiger partial charge is 0.365 e. The average molecular weight is 447 g/mol. The van der Waals surface area contributed by atoms with Crippen LogP contribution < -0.4 is 10.2 Å². The molecule has 164 valence electrons. The lowest BCUT2D eigenvalue weighted by Gasteiger charge is -2.44. The number of amides is 2. The number of nitrogens with zero attached hydrogens (tertiary/aromatic N) is 3. The summed E-state index contributed by atoms with van der Waals surface area (Å²) in [5.74, 6) is -0.142. The molecule has 0 radical (unpaired) electrons. The van der Waals surface area contributed by atoms with Crippen molar-refractivity contribution in [1.82, 2.24) is 15.2 Å². The molecular formula is C25H26N4O2S. The molecule has 1 N–H and O–H groups in total. The van der Waals surface area contributed by atoms with Crippen LogP contribution in [-0.2, 0) is 22.6 Å². The predicted octanol–water partition coefficient (Wildman–Crippen LogP) is 3.65. The number of hydrogen-bond donors (Lipinski definition) is 1. The van der Waals surface area contributed by atoms with Crippen molar-refractivity contribution in [2.24, 2.45) is 0 Å². The van der Waals surface area contributed by atoms with E-state index < -0.39 is 0 Å². The van der Waals surface area contributed by atoms with E-state index >= 15 is 0 Å².